The number of nitrogens with zero attached hydrogens (tertiary/aromatic N) is 3. The molecule has 0 aliphatic carbocycles. The largest absolute Gasteiger partial charge is 0.416 e. The molecule has 2 aliphatic rings. The number of aliphatic hydroxyl groups excluding tert-OH is 1. The molecule has 1 amide bonds. The van der Waals surface area contributed by atoms with E-state index in [2.05, 4.69) is 4.74 Å². The van der Waals surface area contributed by atoms with E-state index >= 15 is 4.79 Å². The van der Waals surface area contributed by atoms with Crippen molar-refractivity contribution >= 4 is 23.4 Å². The van der Waals surface area contributed by atoms with Crippen LogP contribution in [0.15, 0.2) is 95.9 Å². The van der Waals surface area contributed by atoms with Gasteiger partial charge in [0.15, 0.2) is 11.6 Å². The SMILES string of the molecule is [2H]C1=C(SCc2cccc(F)c2F)N(C([2H])([2H])C(=O)N(C2CCN(CC([2H])([2H])OC([2H])([2H])[2H])CC2)C([2H])([2H])c2ccc(-c3ccc(C(F)(F)F)cc3)cc2)c2c([2H])c([2H])c(C)c([2H])c2C1O. The van der Waals surface area contributed by atoms with E-state index in [1.54, 1.807) is 0 Å². The maximum atomic E-state index is 15.3. The molecule has 0 aromatic heterocycles. The highest BCUT2D eigenvalue weighted by Gasteiger charge is 2.33. The Morgan fingerprint density at radius 1 is 1.06 bits per heavy atom. The van der Waals surface area contributed by atoms with E-state index in [1.165, 1.54) is 60.4 Å². The quantitative estimate of drug-likeness (QED) is 0.146. The monoisotopic (exact) mass is 764 g/mol. The average molecular weight is 765 g/mol. The van der Waals surface area contributed by atoms with Gasteiger partial charge in [0.25, 0.3) is 0 Å². The lowest BCUT2D eigenvalue weighted by Gasteiger charge is -2.40. The Bertz CT molecular complexity index is 2510. The fourth-order valence-corrected chi connectivity index (χ4v) is 6.88. The second kappa shape index (κ2) is 16.8. The minimum absolute atomic E-state index is 0.0966. The number of anilines is 1. The molecule has 1 fully saturated rings. The number of fused-ring (bicyclic) bond motifs is 1. The Balaban J connectivity index is 1.46. The molecule has 2 aliphatic heterocycles. The molecular formula is C41H42F5N3O3S. The highest BCUT2D eigenvalue weighted by molar-refractivity contribution is 8.02. The fraction of sp³-hybridized carbons (Fsp3) is 0.341. The minimum Gasteiger partial charge on any atom is -0.384 e. The fourth-order valence-electron chi connectivity index (χ4n) is 5.91. The molecule has 1 unspecified atom stereocenters. The number of hydrogen-bond acceptors (Lipinski definition) is 6. The van der Waals surface area contributed by atoms with Crippen LogP contribution in [0.2, 0.25) is 0 Å². The Hall–Kier alpha value is -4.23. The highest BCUT2D eigenvalue weighted by atomic mass is 32.2. The molecule has 0 bridgehead atoms. The van der Waals surface area contributed by atoms with Crippen LogP contribution in [0.25, 0.3) is 11.1 Å². The molecule has 0 spiro atoms. The van der Waals surface area contributed by atoms with Crippen LogP contribution >= 0.6 is 11.8 Å². The molecule has 0 radical (unpaired) electrons. The molecular weight excluding hydrogens is 710 g/mol. The first-order chi connectivity index (χ1) is 30.5. The van der Waals surface area contributed by atoms with Crippen LogP contribution in [-0.2, 0) is 28.0 Å². The first kappa shape index (κ1) is 25.0. The summed E-state index contributed by atoms with van der Waals surface area (Å²) in [4.78, 5) is 17.9. The Kier molecular flexibility index (Phi) is 7.93. The zero-order chi connectivity index (χ0) is 49.1. The zero-order valence-corrected chi connectivity index (χ0v) is 29.0. The predicted molar refractivity (Wildman–Crippen MR) is 198 cm³/mol. The zero-order valence-electron chi connectivity index (χ0n) is 41.2. The smallest absolute Gasteiger partial charge is 0.384 e. The Labute approximate surface area is 329 Å². The van der Waals surface area contributed by atoms with Crippen molar-refractivity contribution in [3.05, 3.63) is 135 Å². The first-order valence-electron chi connectivity index (χ1n) is 22.9. The third-order valence-corrected chi connectivity index (χ3v) is 9.72. The lowest BCUT2D eigenvalue weighted by Crippen LogP contribution is -2.50. The van der Waals surface area contributed by atoms with Crippen molar-refractivity contribution in [2.45, 2.75) is 50.3 Å². The molecule has 12 heteroatoms. The van der Waals surface area contributed by atoms with Gasteiger partial charge in [0.05, 0.1) is 35.0 Å². The molecule has 0 saturated carbocycles. The van der Waals surface area contributed by atoms with Crippen molar-refractivity contribution in [1.29, 1.82) is 0 Å². The predicted octanol–water partition coefficient (Wildman–Crippen LogP) is 8.73. The summed E-state index contributed by atoms with van der Waals surface area (Å²) in [6.45, 7) is -8.68. The van der Waals surface area contributed by atoms with Crippen molar-refractivity contribution in [3.63, 3.8) is 0 Å². The van der Waals surface area contributed by atoms with E-state index in [-0.39, 0.29) is 42.6 Å². The van der Waals surface area contributed by atoms with Crippen LogP contribution in [0.3, 0.4) is 0 Å². The van der Waals surface area contributed by atoms with E-state index in [4.69, 9.17) is 12.3 Å². The van der Waals surface area contributed by atoms with Gasteiger partial charge in [0, 0.05) is 61.8 Å². The van der Waals surface area contributed by atoms with Gasteiger partial charge in [-0.1, -0.05) is 66.2 Å². The van der Waals surface area contributed by atoms with E-state index in [9.17, 15) is 32.5 Å². The molecule has 4 aromatic rings. The topological polar surface area (TPSA) is 56.3 Å². The highest BCUT2D eigenvalue weighted by Crippen LogP contribution is 2.41. The first-order valence-corrected chi connectivity index (χ1v) is 17.4. The molecule has 1 atom stereocenters. The summed E-state index contributed by atoms with van der Waals surface area (Å²) in [5, 5.41) is 10.9. The van der Waals surface area contributed by atoms with Gasteiger partial charge >= 0.3 is 6.18 Å². The summed E-state index contributed by atoms with van der Waals surface area (Å²) in [6, 6.07) is 8.62. The van der Waals surface area contributed by atoms with Crippen LogP contribution < -0.4 is 4.90 Å². The molecule has 1 N–H and O–H groups in total. The number of rotatable bonds is 12. The summed E-state index contributed by atoms with van der Waals surface area (Å²) in [6.07, 6.45) is -6.97. The number of hydrogen-bond donors (Lipinski definition) is 1. The van der Waals surface area contributed by atoms with Crippen LogP contribution in [0.1, 0.15) is 64.6 Å². The van der Waals surface area contributed by atoms with Crippen LogP contribution in [-0.4, -0.2) is 66.6 Å². The molecule has 2 heterocycles. The van der Waals surface area contributed by atoms with Crippen molar-refractivity contribution < 1.29 is 54.4 Å². The molecule has 1 saturated heterocycles. The minimum atomic E-state index is -4.60. The molecule has 6 nitrogen and oxygen atoms in total. The van der Waals surface area contributed by atoms with E-state index in [0.29, 0.717) is 32.7 Å². The van der Waals surface area contributed by atoms with Gasteiger partial charge < -0.3 is 24.5 Å². The summed E-state index contributed by atoms with van der Waals surface area (Å²) in [5.74, 6) is -4.69. The van der Waals surface area contributed by atoms with Crippen molar-refractivity contribution in [1.82, 2.24) is 9.80 Å². The molecule has 53 heavy (non-hydrogen) atoms. The van der Waals surface area contributed by atoms with E-state index in [0.717, 1.165) is 18.2 Å². The average Bonchev–Trinajstić information content (AvgIpc) is 3.23. The number of ether oxygens (including phenoxy) is 1. The summed E-state index contributed by atoms with van der Waals surface area (Å²) >= 11 is 0.473. The number of carbonyl (C=O) groups is 1. The normalized spacial score (nSPS) is 21.5. The number of amides is 1. The maximum Gasteiger partial charge on any atom is 0.416 e. The lowest BCUT2D eigenvalue weighted by molar-refractivity contribution is -0.137. The Morgan fingerprint density at radius 2 is 1.75 bits per heavy atom. The number of carbonyl (C=O) groups excluding carboxylic acids is 1. The molecule has 4 aromatic carbocycles. The molecule has 6 rings (SSSR count). The third-order valence-electron chi connectivity index (χ3n) is 8.69. The number of methoxy groups -OCH3 is 1. The lowest BCUT2D eigenvalue weighted by atomic mass is 9.99. The van der Waals surface area contributed by atoms with Crippen molar-refractivity contribution in [2.75, 3.05) is 44.6 Å². The number of piperidine rings is 1. The van der Waals surface area contributed by atoms with Gasteiger partial charge in [-0.3, -0.25) is 4.79 Å². The van der Waals surface area contributed by atoms with Gasteiger partial charge in [-0.05, 0) is 66.7 Å². The summed E-state index contributed by atoms with van der Waals surface area (Å²) in [7, 11) is -3.09. The van der Waals surface area contributed by atoms with Crippen LogP contribution in [0, 0.1) is 18.6 Å². The maximum absolute atomic E-state index is 15.3. The standard InChI is InChI=1S/C41H42F5N3O3S/c1-27-6-15-36-34(22-27)37(50)23-39(53-26-31-4-3-5-35(42)40(31)43)49(36)25-38(51)48(33-16-18-47(19-17-33)20-21-52-2)24-28-7-9-29(10-8-28)30-11-13-32(14-12-30)41(44,45)46/h3-15,22-23,33,37,50H,16-21,24-26H2,1-2H3/i2D3,6D,15D,21D2,22D,23D,24D2,25D2. The van der Waals surface area contributed by atoms with Crippen LogP contribution in [0.4, 0.5) is 27.6 Å². The number of alkyl halides is 3. The second-order valence-corrected chi connectivity index (χ2v) is 13.2. The van der Waals surface area contributed by atoms with Crippen molar-refractivity contribution in [3.8, 4) is 11.1 Å². The van der Waals surface area contributed by atoms with Gasteiger partial charge in [-0.15, -0.1) is 11.8 Å². The Morgan fingerprint density at radius 3 is 2.43 bits per heavy atom. The number of benzene rings is 4. The summed E-state index contributed by atoms with van der Waals surface area (Å²) in [5.41, 5.74) is -2.09. The number of aliphatic hydroxyl groups is 1. The summed E-state index contributed by atoms with van der Waals surface area (Å²) < 4.78 is 186. The molecule has 280 valence electrons. The number of halogens is 5. The van der Waals surface area contributed by atoms with Crippen LogP contribution in [0.5, 0.6) is 0 Å². The van der Waals surface area contributed by atoms with Crippen molar-refractivity contribution in [2.24, 2.45) is 0 Å². The second-order valence-electron chi connectivity index (χ2n) is 12.3. The van der Waals surface area contributed by atoms with Gasteiger partial charge in [-0.25, -0.2) is 8.78 Å². The van der Waals surface area contributed by atoms with E-state index in [1.807, 2.05) is 0 Å². The van der Waals surface area contributed by atoms with Gasteiger partial charge in [0.1, 0.15) is 12.6 Å². The van der Waals surface area contributed by atoms with E-state index < -0.39 is 121 Å². The number of thioether (sulfide) groups is 1. The third kappa shape index (κ3) is 9.29. The van der Waals surface area contributed by atoms with Gasteiger partial charge in [-0.2, -0.15) is 13.2 Å². The van der Waals surface area contributed by atoms with Gasteiger partial charge in [0.2, 0.25) is 5.91 Å². The number of likely N-dealkylation sites (tertiary alicyclic amines) is 1.